The molecule has 0 saturated carbocycles. The van der Waals surface area contributed by atoms with Gasteiger partial charge in [0.1, 0.15) is 0 Å². The number of amides is 3. The molecule has 1 heterocycles. The van der Waals surface area contributed by atoms with Crippen LogP contribution < -0.4 is 5.43 Å². The highest BCUT2D eigenvalue weighted by Gasteiger charge is 2.62. The Balaban J connectivity index is 1.41. The van der Waals surface area contributed by atoms with Crippen molar-refractivity contribution in [3.05, 3.63) is 105 Å². The van der Waals surface area contributed by atoms with Gasteiger partial charge in [0, 0.05) is 21.9 Å². The SMILES string of the molecule is O=C(NN1C(=O)[C@@H]2C3c4ccccc4C(c4ccccc43)[C@@H]2C1=O)c1ccc(Br)cc1. The maximum atomic E-state index is 13.5. The first-order chi connectivity index (χ1) is 15.1. The standard InChI is InChI=1S/C25H17BrN2O3/c26-14-11-9-13(10-12-14)23(29)27-28-24(30)21-19-15-5-1-2-6-16(15)20(22(21)25(28)31)18-8-4-3-7-17(18)19/h1-12,19-22H,(H,27,29)/t19?,20?,21-,22+. The first-order valence-electron chi connectivity index (χ1n) is 10.2. The number of benzene rings is 3. The van der Waals surface area contributed by atoms with Crippen molar-refractivity contribution in [1.82, 2.24) is 10.4 Å². The topological polar surface area (TPSA) is 66.5 Å². The van der Waals surface area contributed by atoms with Crippen LogP contribution in [-0.2, 0) is 9.59 Å². The van der Waals surface area contributed by atoms with Gasteiger partial charge in [0.05, 0.1) is 11.8 Å². The molecule has 3 aliphatic carbocycles. The van der Waals surface area contributed by atoms with Crippen molar-refractivity contribution in [3.63, 3.8) is 0 Å². The largest absolute Gasteiger partial charge is 0.272 e. The number of carbonyl (C=O) groups is 3. The molecule has 1 fully saturated rings. The lowest BCUT2D eigenvalue weighted by Gasteiger charge is -2.45. The van der Waals surface area contributed by atoms with Crippen LogP contribution in [-0.4, -0.2) is 22.7 Å². The normalized spacial score (nSPS) is 25.1. The van der Waals surface area contributed by atoms with E-state index in [2.05, 4.69) is 45.6 Å². The third-order valence-corrected chi connectivity index (χ3v) is 7.30. The number of halogens is 1. The zero-order chi connectivity index (χ0) is 21.3. The average Bonchev–Trinajstić information content (AvgIpc) is 3.05. The van der Waals surface area contributed by atoms with Crippen LogP contribution in [0.5, 0.6) is 0 Å². The Morgan fingerprint density at radius 2 is 1.13 bits per heavy atom. The molecule has 7 rings (SSSR count). The predicted molar refractivity (Wildman–Crippen MR) is 117 cm³/mol. The van der Waals surface area contributed by atoms with E-state index in [1.54, 1.807) is 24.3 Å². The van der Waals surface area contributed by atoms with Crippen molar-refractivity contribution < 1.29 is 14.4 Å². The first-order valence-corrected chi connectivity index (χ1v) is 11.0. The number of hydrazine groups is 1. The number of rotatable bonds is 2. The Hall–Kier alpha value is -3.25. The molecule has 2 bridgehead atoms. The minimum absolute atomic E-state index is 0.187. The van der Waals surface area contributed by atoms with Crippen molar-refractivity contribution in [3.8, 4) is 0 Å². The van der Waals surface area contributed by atoms with E-state index in [4.69, 9.17) is 0 Å². The van der Waals surface area contributed by atoms with Crippen LogP contribution in [0.3, 0.4) is 0 Å². The fourth-order valence-electron chi connectivity index (χ4n) is 5.55. The number of carbonyl (C=O) groups excluding carboxylic acids is 3. The molecule has 3 aromatic rings. The zero-order valence-electron chi connectivity index (χ0n) is 16.3. The third-order valence-electron chi connectivity index (χ3n) is 6.77. The summed E-state index contributed by atoms with van der Waals surface area (Å²) in [6, 6.07) is 22.9. The maximum absolute atomic E-state index is 13.5. The Labute approximate surface area is 187 Å². The second kappa shape index (κ2) is 6.62. The molecular weight excluding hydrogens is 456 g/mol. The third kappa shape index (κ3) is 2.51. The Bertz CT molecular complexity index is 1150. The van der Waals surface area contributed by atoms with E-state index in [9.17, 15) is 14.4 Å². The number of nitrogens with zero attached hydrogens (tertiary/aromatic N) is 1. The zero-order valence-corrected chi connectivity index (χ0v) is 17.9. The van der Waals surface area contributed by atoms with E-state index in [1.807, 2.05) is 24.3 Å². The molecule has 1 N–H and O–H groups in total. The highest BCUT2D eigenvalue weighted by atomic mass is 79.9. The van der Waals surface area contributed by atoms with E-state index in [1.165, 1.54) is 0 Å². The van der Waals surface area contributed by atoms with Crippen LogP contribution in [0.2, 0.25) is 0 Å². The maximum Gasteiger partial charge on any atom is 0.270 e. The van der Waals surface area contributed by atoms with Gasteiger partial charge in [-0.25, -0.2) is 0 Å². The fraction of sp³-hybridized carbons (Fsp3) is 0.160. The number of imide groups is 1. The molecule has 2 atom stereocenters. The molecule has 1 aliphatic heterocycles. The van der Waals surface area contributed by atoms with Gasteiger partial charge in [0.25, 0.3) is 17.7 Å². The molecule has 4 aliphatic rings. The molecule has 3 amide bonds. The summed E-state index contributed by atoms with van der Waals surface area (Å²) >= 11 is 3.34. The molecule has 0 aromatic heterocycles. The number of hydrogen-bond acceptors (Lipinski definition) is 3. The van der Waals surface area contributed by atoms with Crippen LogP contribution >= 0.6 is 15.9 Å². The molecule has 0 radical (unpaired) electrons. The Kier molecular flexibility index (Phi) is 3.96. The van der Waals surface area contributed by atoms with E-state index >= 15 is 0 Å². The van der Waals surface area contributed by atoms with Gasteiger partial charge in [-0.2, -0.15) is 5.01 Å². The van der Waals surface area contributed by atoms with Gasteiger partial charge in [-0.3, -0.25) is 19.8 Å². The summed E-state index contributed by atoms with van der Waals surface area (Å²) in [7, 11) is 0. The van der Waals surface area contributed by atoms with Gasteiger partial charge in [-0.1, -0.05) is 64.5 Å². The van der Waals surface area contributed by atoms with Gasteiger partial charge in [-0.05, 0) is 46.5 Å². The summed E-state index contributed by atoms with van der Waals surface area (Å²) < 4.78 is 0.843. The van der Waals surface area contributed by atoms with Crippen molar-refractivity contribution >= 4 is 33.7 Å². The van der Waals surface area contributed by atoms with Gasteiger partial charge in [0.2, 0.25) is 0 Å². The van der Waals surface area contributed by atoms with Crippen molar-refractivity contribution in [2.24, 2.45) is 11.8 Å². The molecule has 0 spiro atoms. The van der Waals surface area contributed by atoms with Crippen molar-refractivity contribution in [2.45, 2.75) is 11.8 Å². The van der Waals surface area contributed by atoms with Crippen LogP contribution in [0, 0.1) is 11.8 Å². The van der Waals surface area contributed by atoms with Gasteiger partial charge in [-0.15, -0.1) is 0 Å². The van der Waals surface area contributed by atoms with E-state index < -0.39 is 17.7 Å². The Morgan fingerprint density at radius 1 is 0.710 bits per heavy atom. The molecule has 5 nitrogen and oxygen atoms in total. The van der Waals surface area contributed by atoms with E-state index in [0.717, 1.165) is 31.7 Å². The summed E-state index contributed by atoms with van der Waals surface area (Å²) in [6.07, 6.45) is 0. The lowest BCUT2D eigenvalue weighted by atomic mass is 9.55. The lowest BCUT2D eigenvalue weighted by Crippen LogP contribution is -2.46. The van der Waals surface area contributed by atoms with E-state index in [-0.39, 0.29) is 23.7 Å². The number of nitrogens with one attached hydrogen (secondary N) is 1. The van der Waals surface area contributed by atoms with Crippen LogP contribution in [0.1, 0.15) is 44.4 Å². The summed E-state index contributed by atoms with van der Waals surface area (Å²) in [5.41, 5.74) is 7.38. The quantitative estimate of drug-likeness (QED) is 0.573. The van der Waals surface area contributed by atoms with Gasteiger partial charge in [0.15, 0.2) is 0 Å². The van der Waals surface area contributed by atoms with Crippen molar-refractivity contribution in [1.29, 1.82) is 0 Å². The van der Waals surface area contributed by atoms with Gasteiger partial charge >= 0.3 is 0 Å². The van der Waals surface area contributed by atoms with Gasteiger partial charge < -0.3 is 0 Å². The predicted octanol–water partition coefficient (Wildman–Crippen LogP) is 3.99. The molecular formula is C25H17BrN2O3. The molecule has 6 heteroatoms. The van der Waals surface area contributed by atoms with Crippen LogP contribution in [0.15, 0.2) is 77.3 Å². The monoisotopic (exact) mass is 472 g/mol. The molecule has 31 heavy (non-hydrogen) atoms. The second-order valence-corrected chi connectivity index (χ2v) is 9.14. The Morgan fingerprint density at radius 3 is 1.55 bits per heavy atom. The fourth-order valence-corrected chi connectivity index (χ4v) is 5.82. The summed E-state index contributed by atoms with van der Waals surface area (Å²) in [5, 5.41) is 0.956. The minimum Gasteiger partial charge on any atom is -0.272 e. The minimum atomic E-state index is -0.507. The van der Waals surface area contributed by atoms with Crippen LogP contribution in [0.4, 0.5) is 0 Å². The summed E-state index contributed by atoms with van der Waals surface area (Å²) in [4.78, 5) is 39.7. The smallest absolute Gasteiger partial charge is 0.270 e. The van der Waals surface area contributed by atoms with Crippen LogP contribution in [0.25, 0.3) is 0 Å². The summed E-state index contributed by atoms with van der Waals surface area (Å²) in [5.74, 6) is -2.53. The number of hydrogen-bond donors (Lipinski definition) is 1. The highest BCUT2D eigenvalue weighted by molar-refractivity contribution is 9.10. The molecule has 0 unspecified atom stereocenters. The molecule has 1 saturated heterocycles. The molecule has 152 valence electrons. The average molecular weight is 473 g/mol. The first kappa shape index (κ1) is 18.5. The lowest BCUT2D eigenvalue weighted by molar-refractivity contribution is -0.142. The van der Waals surface area contributed by atoms with E-state index in [0.29, 0.717) is 5.56 Å². The van der Waals surface area contributed by atoms with Crippen molar-refractivity contribution in [2.75, 3.05) is 0 Å². The highest BCUT2D eigenvalue weighted by Crippen LogP contribution is 2.60. The molecule has 3 aromatic carbocycles. The second-order valence-electron chi connectivity index (χ2n) is 8.22. The summed E-state index contributed by atoms with van der Waals surface area (Å²) in [6.45, 7) is 0.